The van der Waals surface area contributed by atoms with Crippen LogP contribution in [0.2, 0.25) is 0 Å². The molecule has 0 aliphatic heterocycles. The molecule has 110 valence electrons. The predicted octanol–water partition coefficient (Wildman–Crippen LogP) is 2.94. The molecule has 1 amide bonds. The summed E-state index contributed by atoms with van der Waals surface area (Å²) in [6.07, 6.45) is 1.68. The molecule has 5 heteroatoms. The zero-order chi connectivity index (χ0) is 15.2. The standard InChI is InChI=1S/C16H19N3OS/c1-11-5-3-4-6-14(11)12(2)19-16(20)10-21-13-7-8-15(17)18-9-13/h3-9,12H,10H2,1-2H3,(H2,17,18)(H,19,20). The molecule has 1 aromatic heterocycles. The van der Waals surface area contributed by atoms with Crippen LogP contribution in [-0.4, -0.2) is 16.6 Å². The lowest BCUT2D eigenvalue weighted by Gasteiger charge is -2.16. The van der Waals surface area contributed by atoms with E-state index in [4.69, 9.17) is 5.73 Å². The van der Waals surface area contributed by atoms with E-state index in [1.807, 2.05) is 44.2 Å². The highest BCUT2D eigenvalue weighted by atomic mass is 32.2. The van der Waals surface area contributed by atoms with Crippen molar-refractivity contribution in [2.75, 3.05) is 11.5 Å². The van der Waals surface area contributed by atoms with Crippen LogP contribution in [0.4, 0.5) is 5.82 Å². The number of hydrogen-bond donors (Lipinski definition) is 2. The number of nitrogens with two attached hydrogens (primary N) is 1. The van der Waals surface area contributed by atoms with E-state index in [0.717, 1.165) is 10.5 Å². The molecule has 0 saturated carbocycles. The molecule has 2 aromatic rings. The Morgan fingerprint density at radius 2 is 2.10 bits per heavy atom. The summed E-state index contributed by atoms with van der Waals surface area (Å²) < 4.78 is 0. The summed E-state index contributed by atoms with van der Waals surface area (Å²) >= 11 is 1.45. The number of rotatable bonds is 5. The minimum atomic E-state index is 0.00356. The molecule has 1 aromatic carbocycles. The molecule has 4 nitrogen and oxygen atoms in total. The van der Waals surface area contributed by atoms with E-state index in [-0.39, 0.29) is 11.9 Å². The fourth-order valence-corrected chi connectivity index (χ4v) is 2.73. The van der Waals surface area contributed by atoms with Crippen molar-refractivity contribution in [1.29, 1.82) is 0 Å². The van der Waals surface area contributed by atoms with Crippen LogP contribution in [0, 0.1) is 6.92 Å². The third-order valence-corrected chi connectivity index (χ3v) is 4.14. The summed E-state index contributed by atoms with van der Waals surface area (Å²) in [7, 11) is 0. The number of nitrogens with zero attached hydrogens (tertiary/aromatic N) is 1. The normalized spacial score (nSPS) is 11.9. The molecule has 3 N–H and O–H groups in total. The van der Waals surface area contributed by atoms with Gasteiger partial charge in [0.05, 0.1) is 11.8 Å². The van der Waals surface area contributed by atoms with E-state index in [0.29, 0.717) is 11.6 Å². The van der Waals surface area contributed by atoms with Gasteiger partial charge in [-0.2, -0.15) is 0 Å². The number of pyridine rings is 1. The minimum Gasteiger partial charge on any atom is -0.384 e. The highest BCUT2D eigenvalue weighted by Crippen LogP contribution is 2.19. The van der Waals surface area contributed by atoms with Crippen LogP contribution in [0.1, 0.15) is 24.1 Å². The second-order valence-electron chi connectivity index (χ2n) is 4.85. The molecule has 0 bridgehead atoms. The van der Waals surface area contributed by atoms with Gasteiger partial charge < -0.3 is 11.1 Å². The number of nitrogens with one attached hydrogen (secondary N) is 1. The molecule has 0 aliphatic rings. The first-order chi connectivity index (χ1) is 10.1. The number of benzene rings is 1. The van der Waals surface area contributed by atoms with Crippen LogP contribution in [0.5, 0.6) is 0 Å². The summed E-state index contributed by atoms with van der Waals surface area (Å²) in [6.45, 7) is 4.04. The Labute approximate surface area is 129 Å². The summed E-state index contributed by atoms with van der Waals surface area (Å²) in [4.78, 5) is 16.9. The number of carbonyl (C=O) groups is 1. The Balaban J connectivity index is 1.87. The lowest BCUT2D eigenvalue weighted by Crippen LogP contribution is -2.28. The van der Waals surface area contributed by atoms with Crippen molar-refractivity contribution in [3.8, 4) is 0 Å². The largest absolute Gasteiger partial charge is 0.384 e. The van der Waals surface area contributed by atoms with Gasteiger partial charge in [-0.1, -0.05) is 24.3 Å². The number of carbonyl (C=O) groups excluding carboxylic acids is 1. The SMILES string of the molecule is Cc1ccccc1C(C)NC(=O)CSc1ccc(N)nc1. The van der Waals surface area contributed by atoms with Gasteiger partial charge in [-0.25, -0.2) is 4.98 Å². The van der Waals surface area contributed by atoms with Crippen LogP contribution >= 0.6 is 11.8 Å². The van der Waals surface area contributed by atoms with Crippen molar-refractivity contribution in [3.63, 3.8) is 0 Å². The topological polar surface area (TPSA) is 68.0 Å². The number of amides is 1. The van der Waals surface area contributed by atoms with Crippen LogP contribution in [0.15, 0.2) is 47.5 Å². The van der Waals surface area contributed by atoms with Crippen LogP contribution < -0.4 is 11.1 Å². The highest BCUT2D eigenvalue weighted by Gasteiger charge is 2.11. The van der Waals surface area contributed by atoms with Crippen LogP contribution in [0.3, 0.4) is 0 Å². The van der Waals surface area contributed by atoms with Crippen LogP contribution in [-0.2, 0) is 4.79 Å². The maximum Gasteiger partial charge on any atom is 0.230 e. The van der Waals surface area contributed by atoms with E-state index < -0.39 is 0 Å². The van der Waals surface area contributed by atoms with Gasteiger partial charge in [-0.3, -0.25) is 4.79 Å². The monoisotopic (exact) mass is 301 g/mol. The van der Waals surface area contributed by atoms with Crippen molar-refractivity contribution in [3.05, 3.63) is 53.7 Å². The average molecular weight is 301 g/mol. The molecule has 1 heterocycles. The quantitative estimate of drug-likeness (QED) is 0.833. The van der Waals surface area contributed by atoms with Crippen molar-refractivity contribution < 1.29 is 4.79 Å². The second kappa shape index (κ2) is 7.13. The lowest BCUT2D eigenvalue weighted by atomic mass is 10.0. The Morgan fingerprint density at radius 3 is 2.76 bits per heavy atom. The van der Waals surface area contributed by atoms with E-state index in [2.05, 4.69) is 10.3 Å². The third-order valence-electron chi connectivity index (χ3n) is 3.16. The smallest absolute Gasteiger partial charge is 0.230 e. The summed E-state index contributed by atoms with van der Waals surface area (Å²) in [5, 5.41) is 3.01. The van der Waals surface area contributed by atoms with Crippen LogP contribution in [0.25, 0.3) is 0 Å². The van der Waals surface area contributed by atoms with E-state index >= 15 is 0 Å². The van der Waals surface area contributed by atoms with Gasteiger partial charge in [0.25, 0.3) is 0 Å². The summed E-state index contributed by atoms with van der Waals surface area (Å²) in [5.74, 6) is 0.853. The van der Waals surface area contributed by atoms with Crippen molar-refractivity contribution >= 4 is 23.5 Å². The van der Waals surface area contributed by atoms with Gasteiger partial charge in [-0.05, 0) is 37.1 Å². The predicted molar refractivity (Wildman–Crippen MR) is 87.1 cm³/mol. The van der Waals surface area contributed by atoms with Gasteiger partial charge in [0.1, 0.15) is 5.82 Å². The van der Waals surface area contributed by atoms with E-state index in [1.165, 1.54) is 17.3 Å². The maximum absolute atomic E-state index is 12.0. The number of hydrogen-bond acceptors (Lipinski definition) is 4. The Kier molecular flexibility index (Phi) is 5.22. The summed E-state index contributed by atoms with van der Waals surface area (Å²) in [5.41, 5.74) is 7.85. The Bertz CT molecular complexity index is 613. The zero-order valence-electron chi connectivity index (χ0n) is 12.2. The first kappa shape index (κ1) is 15.4. The summed E-state index contributed by atoms with van der Waals surface area (Å²) in [6, 6.07) is 11.7. The molecule has 0 radical (unpaired) electrons. The number of aromatic nitrogens is 1. The van der Waals surface area contributed by atoms with Crippen molar-refractivity contribution in [1.82, 2.24) is 10.3 Å². The maximum atomic E-state index is 12.0. The molecule has 0 spiro atoms. The third kappa shape index (κ3) is 4.49. The Morgan fingerprint density at radius 1 is 1.33 bits per heavy atom. The number of aryl methyl sites for hydroxylation is 1. The second-order valence-corrected chi connectivity index (χ2v) is 5.90. The minimum absolute atomic E-state index is 0.00356. The first-order valence-corrected chi connectivity index (χ1v) is 7.74. The van der Waals surface area contributed by atoms with Gasteiger partial charge in [-0.15, -0.1) is 11.8 Å². The lowest BCUT2D eigenvalue weighted by molar-refractivity contribution is -0.119. The van der Waals surface area contributed by atoms with Gasteiger partial charge in [0.2, 0.25) is 5.91 Å². The number of nitrogen functional groups attached to an aromatic ring is 1. The van der Waals surface area contributed by atoms with Gasteiger partial charge >= 0.3 is 0 Å². The van der Waals surface area contributed by atoms with E-state index in [1.54, 1.807) is 12.3 Å². The molecular weight excluding hydrogens is 282 g/mol. The molecule has 0 fully saturated rings. The Hall–Kier alpha value is -2.01. The van der Waals surface area contributed by atoms with Crippen molar-refractivity contribution in [2.45, 2.75) is 24.8 Å². The zero-order valence-corrected chi connectivity index (χ0v) is 13.0. The van der Waals surface area contributed by atoms with Crippen molar-refractivity contribution in [2.24, 2.45) is 0 Å². The van der Waals surface area contributed by atoms with Gasteiger partial charge in [0.15, 0.2) is 0 Å². The number of thioether (sulfide) groups is 1. The molecule has 0 aliphatic carbocycles. The highest BCUT2D eigenvalue weighted by molar-refractivity contribution is 8.00. The fourth-order valence-electron chi connectivity index (χ4n) is 2.06. The first-order valence-electron chi connectivity index (χ1n) is 6.75. The molecule has 1 atom stereocenters. The molecule has 2 rings (SSSR count). The molecule has 1 unspecified atom stereocenters. The molecule has 21 heavy (non-hydrogen) atoms. The van der Waals surface area contributed by atoms with Gasteiger partial charge in [0, 0.05) is 11.1 Å². The average Bonchev–Trinajstić information content (AvgIpc) is 2.47. The molecular formula is C16H19N3OS. The molecule has 0 saturated heterocycles. The fraction of sp³-hybridized carbons (Fsp3) is 0.250. The number of anilines is 1. The van der Waals surface area contributed by atoms with E-state index in [9.17, 15) is 4.79 Å².